The molecule has 5 aromatic rings. The van der Waals surface area contributed by atoms with E-state index in [-0.39, 0.29) is 36.0 Å². The summed E-state index contributed by atoms with van der Waals surface area (Å²) >= 11 is 0. The van der Waals surface area contributed by atoms with Crippen molar-refractivity contribution >= 4 is 22.8 Å². The normalized spacial score (nSPS) is 16.6. The van der Waals surface area contributed by atoms with Gasteiger partial charge < -0.3 is 9.47 Å². The van der Waals surface area contributed by atoms with Gasteiger partial charge in [-0.15, -0.1) is 13.2 Å². The number of alkyl halides is 3. The van der Waals surface area contributed by atoms with Gasteiger partial charge in [-0.05, 0) is 72.4 Å². The third kappa shape index (κ3) is 6.81. The first-order valence-electron chi connectivity index (χ1n) is 14.2. The lowest BCUT2D eigenvalue weighted by Gasteiger charge is -2.19. The molecule has 0 bridgehead atoms. The fourth-order valence-corrected chi connectivity index (χ4v) is 5.42. The van der Waals surface area contributed by atoms with Gasteiger partial charge in [0, 0.05) is 5.56 Å². The first-order chi connectivity index (χ1) is 21.2. The third-order valence-electron chi connectivity index (χ3n) is 7.53. The number of carbonyl (C=O) groups excluding carboxylic acids is 1. The van der Waals surface area contributed by atoms with Crippen molar-refractivity contribution in [1.29, 1.82) is 0 Å². The number of nitrogens with one attached hydrogen (secondary N) is 1. The Kier molecular flexibility index (Phi) is 8.17. The van der Waals surface area contributed by atoms with E-state index in [9.17, 15) is 22.8 Å². The van der Waals surface area contributed by atoms with Crippen molar-refractivity contribution in [2.24, 2.45) is 0 Å². The number of hydrogen-bond donors (Lipinski definition) is 1. The highest BCUT2D eigenvalue weighted by Gasteiger charge is 2.31. The van der Waals surface area contributed by atoms with Gasteiger partial charge >= 0.3 is 6.36 Å². The molecule has 0 radical (unpaired) electrons. The van der Waals surface area contributed by atoms with Gasteiger partial charge in [-0.2, -0.15) is 0 Å². The van der Waals surface area contributed by atoms with Crippen LogP contribution in [0.5, 0.6) is 5.75 Å². The molecule has 44 heavy (non-hydrogen) atoms. The lowest BCUT2D eigenvalue weighted by molar-refractivity contribution is -0.274. The van der Waals surface area contributed by atoms with Gasteiger partial charge in [-0.1, -0.05) is 66.7 Å². The Balaban J connectivity index is 1.31. The first kappa shape index (κ1) is 29.1. The van der Waals surface area contributed by atoms with Crippen molar-refractivity contribution in [2.45, 2.75) is 44.4 Å². The number of amides is 1. The third-order valence-corrected chi connectivity index (χ3v) is 7.53. The fourth-order valence-electron chi connectivity index (χ4n) is 5.42. The number of ether oxygens (including phenoxy) is 2. The number of rotatable bonds is 8. The highest BCUT2D eigenvalue weighted by Crippen LogP contribution is 2.29. The van der Waals surface area contributed by atoms with Crippen molar-refractivity contribution < 1.29 is 27.4 Å². The summed E-state index contributed by atoms with van der Waals surface area (Å²) in [6.07, 6.45) is -2.65. The smallest absolute Gasteiger partial charge is 0.406 e. The second-order valence-electron chi connectivity index (χ2n) is 10.6. The Morgan fingerprint density at radius 2 is 1.55 bits per heavy atom. The molecule has 10 heteroatoms. The van der Waals surface area contributed by atoms with E-state index in [1.807, 2.05) is 18.2 Å². The molecule has 2 heterocycles. The van der Waals surface area contributed by atoms with E-state index in [4.69, 9.17) is 4.74 Å². The van der Waals surface area contributed by atoms with Crippen LogP contribution < -0.4 is 15.6 Å². The van der Waals surface area contributed by atoms with Gasteiger partial charge in [-0.3, -0.25) is 19.5 Å². The Hall–Kier alpha value is -4.96. The average molecular weight is 600 g/mol. The number of hydrogen-bond acceptors (Lipinski definition) is 5. The number of fused-ring (bicyclic) bond motifs is 1. The van der Waals surface area contributed by atoms with Gasteiger partial charge in [-0.25, -0.2) is 4.98 Å². The summed E-state index contributed by atoms with van der Waals surface area (Å²) < 4.78 is 49.5. The van der Waals surface area contributed by atoms with Crippen LogP contribution in [-0.4, -0.2) is 34.0 Å². The van der Waals surface area contributed by atoms with Crippen molar-refractivity contribution in [3.63, 3.8) is 0 Å². The molecule has 0 spiro atoms. The van der Waals surface area contributed by atoms with E-state index >= 15 is 0 Å². The summed E-state index contributed by atoms with van der Waals surface area (Å²) in [5.74, 6) is -0.678. The average Bonchev–Trinajstić information content (AvgIpc) is 3.46. The summed E-state index contributed by atoms with van der Waals surface area (Å²) in [5, 5.41) is 3.14. The molecule has 1 aromatic heterocycles. The van der Waals surface area contributed by atoms with Crippen molar-refractivity contribution in [3.05, 3.63) is 125 Å². The molecule has 2 unspecified atom stereocenters. The Morgan fingerprint density at radius 1 is 0.886 bits per heavy atom. The molecule has 224 valence electrons. The minimum absolute atomic E-state index is 0.0179. The molecule has 1 aliphatic rings. The molecule has 4 aromatic carbocycles. The summed E-state index contributed by atoms with van der Waals surface area (Å²) in [6.45, 7) is 0.208. The molecule has 0 saturated carbocycles. The standard InChI is InChI=1S/C34H28F3N3O4/c35-34(36,37)44-26-14-11-23(12-15-26)25-13-18-29-30(20-25)38-33(39-31(41)24-9-5-2-6-10-24)40(32(29)42)21-28-17-16-27(43-28)19-22-7-3-1-4-8-22/h1-15,18,20,27-28H,16-17,19,21H2,(H,38,39,41). The van der Waals surface area contributed by atoms with Crippen LogP contribution in [0, 0.1) is 0 Å². The van der Waals surface area contributed by atoms with Crippen molar-refractivity contribution in [3.8, 4) is 16.9 Å². The van der Waals surface area contributed by atoms with Crippen LogP contribution >= 0.6 is 0 Å². The second kappa shape index (κ2) is 12.3. The van der Waals surface area contributed by atoms with E-state index in [0.29, 0.717) is 27.6 Å². The molecule has 1 aliphatic heterocycles. The summed E-state index contributed by atoms with van der Waals surface area (Å²) in [4.78, 5) is 31.7. The zero-order valence-electron chi connectivity index (χ0n) is 23.5. The Morgan fingerprint density at radius 3 is 2.25 bits per heavy atom. The van der Waals surface area contributed by atoms with E-state index in [2.05, 4.69) is 27.2 Å². The number of halogens is 3. The topological polar surface area (TPSA) is 82.5 Å². The zero-order chi connectivity index (χ0) is 30.7. The number of anilines is 1. The largest absolute Gasteiger partial charge is 0.573 e. The molecular weight excluding hydrogens is 571 g/mol. The van der Waals surface area contributed by atoms with E-state index in [1.54, 1.807) is 48.5 Å². The van der Waals surface area contributed by atoms with Crippen LogP contribution in [0.3, 0.4) is 0 Å². The van der Waals surface area contributed by atoms with Crippen LogP contribution in [0.25, 0.3) is 22.0 Å². The predicted octanol–water partition coefficient (Wildman–Crippen LogP) is 7.00. The maximum atomic E-state index is 13.8. The molecule has 7 nitrogen and oxygen atoms in total. The predicted molar refractivity (Wildman–Crippen MR) is 161 cm³/mol. The van der Waals surface area contributed by atoms with Crippen LogP contribution in [0.4, 0.5) is 19.1 Å². The Bertz CT molecular complexity index is 1830. The number of carbonyl (C=O) groups is 1. The minimum Gasteiger partial charge on any atom is -0.406 e. The number of aromatic nitrogens is 2. The van der Waals surface area contributed by atoms with Crippen molar-refractivity contribution in [1.82, 2.24) is 9.55 Å². The number of nitrogens with zero attached hydrogens (tertiary/aromatic N) is 2. The molecular formula is C34H28F3N3O4. The minimum atomic E-state index is -4.79. The van der Waals surface area contributed by atoms with Crippen LogP contribution in [-0.2, 0) is 17.7 Å². The SMILES string of the molecule is O=C(Nc1nc2cc(-c3ccc(OC(F)(F)F)cc3)ccc2c(=O)n1CC1CCC(Cc2ccccc2)O1)c1ccccc1. The fraction of sp³-hybridized carbons (Fsp3) is 0.206. The van der Waals surface area contributed by atoms with E-state index < -0.39 is 12.3 Å². The van der Waals surface area contributed by atoms with E-state index in [1.165, 1.54) is 34.4 Å². The Labute approximate surface area is 250 Å². The maximum absolute atomic E-state index is 13.8. The lowest BCUT2D eigenvalue weighted by Crippen LogP contribution is -2.31. The van der Waals surface area contributed by atoms with Crippen molar-refractivity contribution in [2.75, 3.05) is 5.32 Å². The molecule has 2 atom stereocenters. The summed E-state index contributed by atoms with van der Waals surface area (Å²) in [5.41, 5.74) is 2.81. The highest BCUT2D eigenvalue weighted by atomic mass is 19.4. The maximum Gasteiger partial charge on any atom is 0.573 e. The first-order valence-corrected chi connectivity index (χ1v) is 14.2. The molecule has 1 fully saturated rings. The highest BCUT2D eigenvalue weighted by molar-refractivity contribution is 6.03. The zero-order valence-corrected chi connectivity index (χ0v) is 23.5. The van der Waals surface area contributed by atoms with Crippen LogP contribution in [0.1, 0.15) is 28.8 Å². The number of benzene rings is 4. The molecule has 1 saturated heterocycles. The van der Waals surface area contributed by atoms with Crippen LogP contribution in [0.2, 0.25) is 0 Å². The van der Waals surface area contributed by atoms with Gasteiger partial charge in [0.25, 0.3) is 11.5 Å². The second-order valence-corrected chi connectivity index (χ2v) is 10.6. The van der Waals surface area contributed by atoms with Gasteiger partial charge in [0.2, 0.25) is 5.95 Å². The molecule has 6 rings (SSSR count). The molecule has 0 aliphatic carbocycles. The summed E-state index contributed by atoms with van der Waals surface area (Å²) in [6, 6.07) is 29.1. The molecule has 1 amide bonds. The van der Waals surface area contributed by atoms with Gasteiger partial charge in [0.1, 0.15) is 5.75 Å². The van der Waals surface area contributed by atoms with Crippen LogP contribution in [0.15, 0.2) is 108 Å². The quantitative estimate of drug-likeness (QED) is 0.208. The summed E-state index contributed by atoms with van der Waals surface area (Å²) in [7, 11) is 0. The monoisotopic (exact) mass is 599 g/mol. The van der Waals surface area contributed by atoms with Gasteiger partial charge in [0.15, 0.2) is 0 Å². The molecule has 1 N–H and O–H groups in total. The van der Waals surface area contributed by atoms with E-state index in [0.717, 1.165) is 19.3 Å². The lowest BCUT2D eigenvalue weighted by atomic mass is 10.0. The van der Waals surface area contributed by atoms with Gasteiger partial charge in [0.05, 0.1) is 29.7 Å².